The van der Waals surface area contributed by atoms with Crippen molar-refractivity contribution in [2.24, 2.45) is 7.05 Å². The van der Waals surface area contributed by atoms with Gasteiger partial charge in [-0.15, -0.1) is 0 Å². The molecule has 9 heteroatoms. The number of ether oxygens (including phenoxy) is 1. The highest BCUT2D eigenvalue weighted by Crippen LogP contribution is 2.36. The molecule has 2 aromatic heterocycles. The zero-order valence-corrected chi connectivity index (χ0v) is 18.5. The third-order valence-corrected chi connectivity index (χ3v) is 6.22. The van der Waals surface area contributed by atoms with E-state index in [2.05, 4.69) is 5.10 Å². The molecule has 162 valence electrons. The molecule has 0 radical (unpaired) electrons. The highest BCUT2D eigenvalue weighted by Gasteiger charge is 2.18. The fourth-order valence-electron chi connectivity index (χ4n) is 3.56. The van der Waals surface area contributed by atoms with Gasteiger partial charge < -0.3 is 9.30 Å². The van der Waals surface area contributed by atoms with Gasteiger partial charge in [0.2, 0.25) is 0 Å². The van der Waals surface area contributed by atoms with Crippen molar-refractivity contribution in [3.8, 4) is 28.6 Å². The van der Waals surface area contributed by atoms with Gasteiger partial charge in [-0.2, -0.15) is 10.4 Å². The molecule has 0 unspecified atom stereocenters. The number of pyridine rings is 1. The summed E-state index contributed by atoms with van der Waals surface area (Å²) in [5.41, 5.74) is 2.08. The van der Waals surface area contributed by atoms with E-state index >= 15 is 0 Å². The van der Waals surface area contributed by atoms with Crippen LogP contribution in [0.15, 0.2) is 64.7 Å². The molecule has 8 nitrogen and oxygen atoms in total. The van der Waals surface area contributed by atoms with E-state index in [4.69, 9.17) is 10.00 Å². The van der Waals surface area contributed by atoms with Crippen molar-refractivity contribution in [1.82, 2.24) is 14.3 Å². The van der Waals surface area contributed by atoms with Gasteiger partial charge in [0.15, 0.2) is 9.84 Å². The monoisotopic (exact) mass is 448 g/mol. The molecule has 0 amide bonds. The Kier molecular flexibility index (Phi) is 5.32. The van der Waals surface area contributed by atoms with Crippen molar-refractivity contribution in [2.45, 2.75) is 11.8 Å². The van der Waals surface area contributed by atoms with Crippen LogP contribution in [0.4, 0.5) is 0 Å². The molecule has 0 aliphatic rings. The van der Waals surface area contributed by atoms with Crippen LogP contribution in [0.25, 0.3) is 27.6 Å². The lowest BCUT2D eigenvalue weighted by atomic mass is 9.99. The Bertz CT molecular complexity index is 1560. The van der Waals surface area contributed by atoms with Crippen molar-refractivity contribution < 1.29 is 13.2 Å². The molecule has 2 aromatic carbocycles. The Hall–Kier alpha value is -3.90. The van der Waals surface area contributed by atoms with E-state index in [9.17, 15) is 13.2 Å². The molecule has 4 aromatic rings. The zero-order valence-electron chi connectivity index (χ0n) is 17.7. The molecule has 0 saturated heterocycles. The molecule has 0 fully saturated rings. The second kappa shape index (κ2) is 7.98. The summed E-state index contributed by atoms with van der Waals surface area (Å²) >= 11 is 0. The number of fused-ring (bicyclic) bond motifs is 1. The zero-order chi connectivity index (χ0) is 23.0. The summed E-state index contributed by atoms with van der Waals surface area (Å²) < 4.78 is 33.2. The highest BCUT2D eigenvalue weighted by molar-refractivity contribution is 7.90. The molecule has 0 aliphatic carbocycles. The molecule has 4 rings (SSSR count). The number of nitrogens with zero attached hydrogens (tertiary/aromatic N) is 4. The van der Waals surface area contributed by atoms with Gasteiger partial charge in [0.05, 0.1) is 29.0 Å². The van der Waals surface area contributed by atoms with Crippen molar-refractivity contribution in [1.29, 1.82) is 5.26 Å². The van der Waals surface area contributed by atoms with Crippen LogP contribution in [-0.2, 0) is 16.9 Å². The molecule has 2 heterocycles. The number of nitriles is 1. The maximum atomic E-state index is 12.8. The Morgan fingerprint density at radius 3 is 2.53 bits per heavy atom. The van der Waals surface area contributed by atoms with Crippen LogP contribution in [0.5, 0.6) is 5.75 Å². The number of benzene rings is 2. The first-order valence-corrected chi connectivity index (χ1v) is 11.7. The molecular formula is C23H20N4O4S. The molecule has 32 heavy (non-hydrogen) atoms. The Morgan fingerprint density at radius 1 is 1.09 bits per heavy atom. The Morgan fingerprint density at radius 2 is 1.88 bits per heavy atom. The molecular weight excluding hydrogens is 428 g/mol. The smallest absolute Gasteiger partial charge is 0.258 e. The minimum atomic E-state index is -3.46. The van der Waals surface area contributed by atoms with Gasteiger partial charge in [0.25, 0.3) is 5.56 Å². The fraction of sp³-hybridized carbons (Fsp3) is 0.174. The van der Waals surface area contributed by atoms with E-state index in [1.54, 1.807) is 54.5 Å². The van der Waals surface area contributed by atoms with E-state index in [0.717, 1.165) is 6.26 Å². The molecule has 0 spiro atoms. The Balaban J connectivity index is 2.06. The van der Waals surface area contributed by atoms with Gasteiger partial charge in [-0.05, 0) is 48.7 Å². The quantitative estimate of drug-likeness (QED) is 0.464. The first-order chi connectivity index (χ1) is 15.2. The minimum absolute atomic E-state index is 0.153. The van der Waals surface area contributed by atoms with Gasteiger partial charge >= 0.3 is 0 Å². The lowest BCUT2D eigenvalue weighted by Gasteiger charge is -2.16. The first kappa shape index (κ1) is 21.3. The van der Waals surface area contributed by atoms with Gasteiger partial charge in [0.1, 0.15) is 11.8 Å². The molecule has 0 saturated carbocycles. The second-order valence-corrected chi connectivity index (χ2v) is 9.35. The van der Waals surface area contributed by atoms with Crippen LogP contribution < -0.4 is 10.3 Å². The van der Waals surface area contributed by atoms with E-state index in [-0.39, 0.29) is 10.5 Å². The number of aryl methyl sites for hydroxylation is 1. The van der Waals surface area contributed by atoms with Crippen LogP contribution in [0, 0.1) is 11.3 Å². The molecule has 0 N–H and O–H groups in total. The number of hydrogen-bond acceptors (Lipinski definition) is 6. The standard InChI is InChI=1S/C23H20N4O4S/c1-4-31-22-8-6-17(32(3,29)30)10-20(22)21-14-26(2)23(28)18-7-5-16(9-19(18)21)27-13-15(11-24)12-25-27/h5-10,12-14H,4H2,1-3H3. The topological polar surface area (TPSA) is 107 Å². The summed E-state index contributed by atoms with van der Waals surface area (Å²) in [7, 11) is -1.81. The summed E-state index contributed by atoms with van der Waals surface area (Å²) in [6.07, 6.45) is 5.87. The fourth-order valence-corrected chi connectivity index (χ4v) is 4.21. The summed E-state index contributed by atoms with van der Waals surface area (Å²) in [5, 5.41) is 14.4. The normalized spacial score (nSPS) is 11.4. The predicted molar refractivity (Wildman–Crippen MR) is 121 cm³/mol. The summed E-state index contributed by atoms with van der Waals surface area (Å²) in [5.74, 6) is 0.510. The maximum absolute atomic E-state index is 12.8. The highest BCUT2D eigenvalue weighted by atomic mass is 32.2. The number of aromatic nitrogens is 3. The van der Waals surface area contributed by atoms with Gasteiger partial charge in [-0.25, -0.2) is 13.1 Å². The van der Waals surface area contributed by atoms with Crippen LogP contribution in [0.1, 0.15) is 12.5 Å². The van der Waals surface area contributed by atoms with Crippen LogP contribution in [0.3, 0.4) is 0 Å². The van der Waals surface area contributed by atoms with Crippen molar-refractivity contribution in [3.05, 3.63) is 70.9 Å². The third kappa shape index (κ3) is 3.76. The van der Waals surface area contributed by atoms with Crippen molar-refractivity contribution in [3.63, 3.8) is 0 Å². The van der Waals surface area contributed by atoms with Crippen LogP contribution in [-0.4, -0.2) is 35.6 Å². The lowest BCUT2D eigenvalue weighted by molar-refractivity contribution is 0.341. The summed E-state index contributed by atoms with van der Waals surface area (Å²) in [4.78, 5) is 13.0. The van der Waals surface area contributed by atoms with E-state index in [1.807, 2.05) is 13.0 Å². The number of rotatable bonds is 5. The van der Waals surface area contributed by atoms with Crippen LogP contribution in [0.2, 0.25) is 0 Å². The predicted octanol–water partition coefficient (Wildman–Crippen LogP) is 3.07. The average molecular weight is 449 g/mol. The van der Waals surface area contributed by atoms with Crippen molar-refractivity contribution >= 4 is 20.6 Å². The summed E-state index contributed by atoms with van der Waals surface area (Å²) in [6.45, 7) is 2.24. The molecule has 0 aliphatic heterocycles. The number of sulfone groups is 1. The maximum Gasteiger partial charge on any atom is 0.258 e. The second-order valence-electron chi connectivity index (χ2n) is 7.34. The molecule has 0 bridgehead atoms. The molecule has 0 atom stereocenters. The van der Waals surface area contributed by atoms with Crippen LogP contribution >= 0.6 is 0 Å². The third-order valence-electron chi connectivity index (χ3n) is 5.11. The van der Waals surface area contributed by atoms with Crippen molar-refractivity contribution in [2.75, 3.05) is 12.9 Å². The largest absolute Gasteiger partial charge is 0.493 e. The van der Waals surface area contributed by atoms with Gasteiger partial charge in [-0.3, -0.25) is 4.79 Å². The van der Waals surface area contributed by atoms with Gasteiger partial charge in [0, 0.05) is 42.2 Å². The van der Waals surface area contributed by atoms with E-state index < -0.39 is 9.84 Å². The Labute approximate surface area is 184 Å². The lowest BCUT2D eigenvalue weighted by Crippen LogP contribution is -2.17. The SMILES string of the molecule is CCOc1ccc(S(C)(=O)=O)cc1-c1cn(C)c(=O)c2ccc(-n3cc(C#N)cn3)cc12. The first-order valence-electron chi connectivity index (χ1n) is 9.78. The number of hydrogen-bond donors (Lipinski definition) is 0. The average Bonchev–Trinajstić information content (AvgIpc) is 3.25. The minimum Gasteiger partial charge on any atom is -0.493 e. The van der Waals surface area contributed by atoms with E-state index in [0.29, 0.717) is 45.5 Å². The van der Waals surface area contributed by atoms with E-state index in [1.165, 1.54) is 16.8 Å². The summed E-state index contributed by atoms with van der Waals surface area (Å²) in [6, 6.07) is 12.0. The van der Waals surface area contributed by atoms with Gasteiger partial charge in [-0.1, -0.05) is 0 Å².